The molecule has 0 aromatic carbocycles. The maximum atomic E-state index is 10.7. The van der Waals surface area contributed by atoms with E-state index in [1.807, 2.05) is 0 Å². The third-order valence-corrected chi connectivity index (χ3v) is 3.62. The number of nitrogens with zero attached hydrogens (tertiary/aromatic N) is 4. The van der Waals surface area contributed by atoms with E-state index in [4.69, 9.17) is 5.11 Å². The van der Waals surface area contributed by atoms with Gasteiger partial charge in [0.25, 0.3) is 0 Å². The number of unbranched alkanes of at least 4 members (excludes halogenated alkanes) is 4. The van der Waals surface area contributed by atoms with Crippen LogP contribution in [0.25, 0.3) is 0 Å². The Morgan fingerprint density at radius 2 is 2.11 bits per heavy atom. The molecule has 19 heavy (non-hydrogen) atoms. The Hall–Kier alpha value is -1.43. The molecule has 0 spiro atoms. The van der Waals surface area contributed by atoms with E-state index in [9.17, 15) is 4.79 Å². The van der Waals surface area contributed by atoms with Gasteiger partial charge in [0.2, 0.25) is 0 Å². The number of hydrogen-bond acceptors (Lipinski definition) is 4. The summed E-state index contributed by atoms with van der Waals surface area (Å²) < 4.78 is 1.68. The highest BCUT2D eigenvalue weighted by Gasteiger charge is 2.28. The van der Waals surface area contributed by atoms with E-state index >= 15 is 0 Å². The third-order valence-electron chi connectivity index (χ3n) is 3.62. The van der Waals surface area contributed by atoms with Crippen LogP contribution in [-0.2, 0) is 0 Å². The molecule has 2 rings (SSSR count). The molecule has 0 unspecified atom stereocenters. The van der Waals surface area contributed by atoms with Crippen molar-refractivity contribution < 1.29 is 9.90 Å². The van der Waals surface area contributed by atoms with Crippen LogP contribution in [0.4, 0.5) is 0 Å². The number of aromatic nitrogens is 3. The highest BCUT2D eigenvalue weighted by Crippen LogP contribution is 2.20. The van der Waals surface area contributed by atoms with E-state index in [0.29, 0.717) is 0 Å². The number of carbonyl (C=O) groups is 1. The number of hydrogen-bond donors (Lipinski definition) is 1. The first-order valence-electron chi connectivity index (χ1n) is 7.08. The first-order valence-corrected chi connectivity index (χ1v) is 7.08. The fourth-order valence-electron chi connectivity index (χ4n) is 2.38. The van der Waals surface area contributed by atoms with Gasteiger partial charge in [-0.1, -0.05) is 37.8 Å². The summed E-state index contributed by atoms with van der Waals surface area (Å²) in [5, 5.41) is 16.3. The van der Waals surface area contributed by atoms with Gasteiger partial charge in [0.05, 0.1) is 12.2 Å². The Balaban J connectivity index is 1.64. The van der Waals surface area contributed by atoms with Gasteiger partial charge in [-0.3, -0.25) is 4.90 Å². The second-order valence-corrected chi connectivity index (χ2v) is 5.22. The van der Waals surface area contributed by atoms with Crippen LogP contribution in [0.15, 0.2) is 6.20 Å². The van der Waals surface area contributed by atoms with Crippen LogP contribution < -0.4 is 0 Å². The molecule has 2 heterocycles. The lowest BCUT2D eigenvalue weighted by atomic mass is 10.1. The summed E-state index contributed by atoms with van der Waals surface area (Å²) in [5.41, 5.74) is 0.0259. The number of carboxylic acids is 1. The van der Waals surface area contributed by atoms with Crippen molar-refractivity contribution in [2.24, 2.45) is 0 Å². The van der Waals surface area contributed by atoms with Gasteiger partial charge in [-0.25, -0.2) is 9.48 Å². The number of carboxylic acid groups (broad SMARTS) is 1. The fourth-order valence-corrected chi connectivity index (χ4v) is 2.38. The second-order valence-electron chi connectivity index (χ2n) is 5.22. The summed E-state index contributed by atoms with van der Waals surface area (Å²) in [6.45, 7) is 5.27. The maximum absolute atomic E-state index is 10.7. The zero-order valence-electron chi connectivity index (χ0n) is 11.5. The molecular weight excluding hydrogens is 244 g/mol. The average molecular weight is 266 g/mol. The molecule has 0 radical (unpaired) electrons. The minimum atomic E-state index is -1.02. The number of aromatic carboxylic acids is 1. The highest BCUT2D eigenvalue weighted by molar-refractivity contribution is 5.84. The SMILES string of the molecule is CCCCCCCN1CC(n2cc(C(=O)O)nn2)C1. The van der Waals surface area contributed by atoms with E-state index in [2.05, 4.69) is 22.1 Å². The molecule has 6 nitrogen and oxygen atoms in total. The molecule has 1 saturated heterocycles. The van der Waals surface area contributed by atoms with Crippen LogP contribution in [0.5, 0.6) is 0 Å². The van der Waals surface area contributed by atoms with Crippen molar-refractivity contribution in [2.75, 3.05) is 19.6 Å². The number of likely N-dealkylation sites (tertiary alicyclic amines) is 1. The van der Waals surface area contributed by atoms with Gasteiger partial charge in [-0.05, 0) is 13.0 Å². The summed E-state index contributed by atoms with van der Waals surface area (Å²) in [7, 11) is 0. The van der Waals surface area contributed by atoms with E-state index in [-0.39, 0.29) is 11.7 Å². The molecule has 106 valence electrons. The molecular formula is C13H22N4O2. The zero-order valence-corrected chi connectivity index (χ0v) is 11.5. The molecule has 1 aliphatic rings. The summed E-state index contributed by atoms with van der Waals surface area (Å²) >= 11 is 0. The predicted octanol–water partition coefficient (Wildman–Crippen LogP) is 1.80. The summed E-state index contributed by atoms with van der Waals surface area (Å²) in [6.07, 6.45) is 8.03. The molecule has 1 aromatic heterocycles. The Bertz CT molecular complexity index is 413. The lowest BCUT2D eigenvalue weighted by molar-refractivity contribution is 0.0690. The van der Waals surface area contributed by atoms with Gasteiger partial charge in [-0.15, -0.1) is 5.10 Å². The first-order chi connectivity index (χ1) is 9.20. The van der Waals surface area contributed by atoms with E-state index in [0.717, 1.165) is 19.6 Å². The topological polar surface area (TPSA) is 71.2 Å². The van der Waals surface area contributed by atoms with E-state index < -0.39 is 5.97 Å². The minimum absolute atomic E-state index is 0.0259. The Morgan fingerprint density at radius 3 is 2.74 bits per heavy atom. The lowest BCUT2D eigenvalue weighted by Crippen LogP contribution is -2.48. The van der Waals surface area contributed by atoms with Crippen molar-refractivity contribution in [3.05, 3.63) is 11.9 Å². The molecule has 0 saturated carbocycles. The van der Waals surface area contributed by atoms with Crippen LogP contribution in [0, 0.1) is 0 Å². The number of rotatable bonds is 8. The highest BCUT2D eigenvalue weighted by atomic mass is 16.4. The standard InChI is InChI=1S/C13H22N4O2/c1-2-3-4-5-6-7-16-8-11(9-16)17-10-12(13(18)19)14-15-17/h10-11H,2-9H2,1H3,(H,18,19). The van der Waals surface area contributed by atoms with Crippen LogP contribution in [0.2, 0.25) is 0 Å². The Kier molecular flexibility index (Phi) is 4.90. The largest absolute Gasteiger partial charge is 0.476 e. The quantitative estimate of drug-likeness (QED) is 0.726. The van der Waals surface area contributed by atoms with E-state index in [1.54, 1.807) is 4.68 Å². The third kappa shape index (κ3) is 3.76. The molecule has 1 fully saturated rings. The van der Waals surface area contributed by atoms with Crippen molar-refractivity contribution in [3.63, 3.8) is 0 Å². The first kappa shape index (κ1) is 14.0. The van der Waals surface area contributed by atoms with Crippen LogP contribution in [0.3, 0.4) is 0 Å². The van der Waals surface area contributed by atoms with Gasteiger partial charge in [-0.2, -0.15) is 0 Å². The summed E-state index contributed by atoms with van der Waals surface area (Å²) in [6, 6.07) is 0.288. The zero-order chi connectivity index (χ0) is 13.7. The summed E-state index contributed by atoms with van der Waals surface area (Å²) in [4.78, 5) is 13.1. The van der Waals surface area contributed by atoms with E-state index in [1.165, 1.54) is 38.3 Å². The second kappa shape index (κ2) is 6.65. The van der Waals surface area contributed by atoms with Crippen LogP contribution in [-0.4, -0.2) is 50.6 Å². The molecule has 6 heteroatoms. The van der Waals surface area contributed by atoms with Crippen molar-refractivity contribution in [3.8, 4) is 0 Å². The summed E-state index contributed by atoms with van der Waals surface area (Å²) in [5.74, 6) is -1.02. The Morgan fingerprint density at radius 1 is 1.37 bits per heavy atom. The molecule has 0 atom stereocenters. The molecule has 1 N–H and O–H groups in total. The fraction of sp³-hybridized carbons (Fsp3) is 0.769. The molecule has 0 bridgehead atoms. The normalized spacial score (nSPS) is 16.5. The maximum Gasteiger partial charge on any atom is 0.358 e. The molecule has 0 aliphatic carbocycles. The lowest BCUT2D eigenvalue weighted by Gasteiger charge is -2.38. The minimum Gasteiger partial charge on any atom is -0.476 e. The van der Waals surface area contributed by atoms with Gasteiger partial charge in [0, 0.05) is 13.1 Å². The van der Waals surface area contributed by atoms with Gasteiger partial charge in [0.15, 0.2) is 5.69 Å². The monoisotopic (exact) mass is 266 g/mol. The molecule has 0 amide bonds. The van der Waals surface area contributed by atoms with Crippen LogP contribution >= 0.6 is 0 Å². The van der Waals surface area contributed by atoms with Crippen molar-refractivity contribution >= 4 is 5.97 Å². The molecule has 1 aliphatic heterocycles. The van der Waals surface area contributed by atoms with Gasteiger partial charge >= 0.3 is 5.97 Å². The van der Waals surface area contributed by atoms with Gasteiger partial charge < -0.3 is 5.11 Å². The Labute approximate surface area is 113 Å². The average Bonchev–Trinajstić information content (AvgIpc) is 2.80. The predicted molar refractivity (Wildman–Crippen MR) is 71.2 cm³/mol. The molecule has 1 aromatic rings. The smallest absolute Gasteiger partial charge is 0.358 e. The van der Waals surface area contributed by atoms with Crippen molar-refractivity contribution in [1.82, 2.24) is 19.9 Å². The van der Waals surface area contributed by atoms with Crippen molar-refractivity contribution in [2.45, 2.75) is 45.1 Å². The van der Waals surface area contributed by atoms with Crippen molar-refractivity contribution in [1.29, 1.82) is 0 Å². The van der Waals surface area contributed by atoms with Gasteiger partial charge in [0.1, 0.15) is 0 Å². The van der Waals surface area contributed by atoms with Crippen LogP contribution in [0.1, 0.15) is 55.6 Å².